The molecule has 3 rings (SSSR count). The van der Waals surface area contributed by atoms with E-state index in [4.69, 9.17) is 4.74 Å². The Balaban J connectivity index is 1.57. The number of amides is 1. The molecular weight excluding hydrogens is 452 g/mol. The number of unbranched alkanes of at least 4 members (excludes halogenated alkanes) is 1. The predicted octanol–water partition coefficient (Wildman–Crippen LogP) is 4.73. The van der Waals surface area contributed by atoms with Gasteiger partial charge in [0.05, 0.1) is 11.5 Å². The van der Waals surface area contributed by atoms with Crippen molar-refractivity contribution in [3.05, 3.63) is 77.6 Å². The minimum absolute atomic E-state index is 0.0144. The average molecular weight is 481 g/mol. The van der Waals surface area contributed by atoms with Crippen LogP contribution in [-0.4, -0.2) is 30.9 Å². The Morgan fingerprint density at radius 3 is 2.26 bits per heavy atom. The number of aryl methyl sites for hydroxylation is 2. The van der Waals surface area contributed by atoms with Crippen molar-refractivity contribution in [1.29, 1.82) is 0 Å². The van der Waals surface area contributed by atoms with Gasteiger partial charge in [0.15, 0.2) is 0 Å². The van der Waals surface area contributed by atoms with Gasteiger partial charge in [0.1, 0.15) is 5.75 Å². The minimum Gasteiger partial charge on any atom is -0.494 e. The quantitative estimate of drug-likeness (QED) is 0.321. The van der Waals surface area contributed by atoms with Crippen molar-refractivity contribution in [2.75, 3.05) is 16.6 Å². The molecule has 0 aliphatic heterocycles. The zero-order valence-electron chi connectivity index (χ0n) is 19.4. The summed E-state index contributed by atoms with van der Waals surface area (Å²) in [6.45, 7) is 6.31. The number of nitrogens with one attached hydrogen (secondary N) is 2. The van der Waals surface area contributed by atoms with Crippen molar-refractivity contribution in [1.82, 2.24) is 9.97 Å². The van der Waals surface area contributed by atoms with Crippen molar-refractivity contribution >= 4 is 33.6 Å². The lowest BCUT2D eigenvalue weighted by atomic mass is 10.2. The molecule has 0 spiro atoms. The van der Waals surface area contributed by atoms with Crippen LogP contribution in [0.2, 0.25) is 0 Å². The zero-order valence-corrected chi connectivity index (χ0v) is 20.2. The number of sulfonamides is 1. The van der Waals surface area contributed by atoms with Gasteiger partial charge in [-0.15, -0.1) is 0 Å². The second kappa shape index (κ2) is 11.4. The average Bonchev–Trinajstić information content (AvgIpc) is 2.78. The van der Waals surface area contributed by atoms with Crippen LogP contribution in [0.3, 0.4) is 0 Å². The molecule has 9 heteroatoms. The Bertz CT molecular complexity index is 1230. The van der Waals surface area contributed by atoms with Gasteiger partial charge in [-0.2, -0.15) is 0 Å². The Kier molecular flexibility index (Phi) is 8.37. The predicted molar refractivity (Wildman–Crippen MR) is 133 cm³/mol. The Labute approximate surface area is 200 Å². The second-order valence-corrected chi connectivity index (χ2v) is 9.38. The number of benzene rings is 2. The van der Waals surface area contributed by atoms with Crippen LogP contribution in [0.25, 0.3) is 6.08 Å². The summed E-state index contributed by atoms with van der Waals surface area (Å²) in [4.78, 5) is 20.5. The van der Waals surface area contributed by atoms with Crippen LogP contribution in [-0.2, 0) is 14.8 Å². The molecule has 0 saturated carbocycles. The van der Waals surface area contributed by atoms with Crippen LogP contribution in [0.1, 0.15) is 36.7 Å². The normalized spacial score (nSPS) is 11.4. The number of carbonyl (C=O) groups is 1. The van der Waals surface area contributed by atoms with E-state index in [1.54, 1.807) is 26.0 Å². The zero-order chi connectivity index (χ0) is 24.6. The largest absolute Gasteiger partial charge is 0.494 e. The molecule has 2 aromatic carbocycles. The first-order valence-electron chi connectivity index (χ1n) is 10.9. The minimum atomic E-state index is -3.86. The van der Waals surface area contributed by atoms with E-state index in [0.717, 1.165) is 24.2 Å². The number of ether oxygens (including phenoxy) is 1. The van der Waals surface area contributed by atoms with E-state index in [1.807, 2.05) is 24.3 Å². The van der Waals surface area contributed by atoms with E-state index >= 15 is 0 Å². The van der Waals surface area contributed by atoms with Crippen LogP contribution in [0.4, 0.5) is 11.6 Å². The fourth-order valence-electron chi connectivity index (χ4n) is 3.03. The van der Waals surface area contributed by atoms with E-state index in [-0.39, 0.29) is 16.8 Å². The molecule has 0 bridgehead atoms. The standard InChI is InChI=1S/C25H28N4O4S/c1-4-5-16-33-22-11-6-20(7-12-22)8-15-24(30)28-21-9-13-23(14-10-21)34(31,32)29-25-26-18(2)17-19(3)27-25/h6-15,17H,4-5,16H2,1-3H3,(H,28,30)(H,26,27,29). The van der Waals surface area contributed by atoms with Gasteiger partial charge in [0.25, 0.3) is 10.0 Å². The summed E-state index contributed by atoms with van der Waals surface area (Å²) in [6, 6.07) is 15.1. The molecule has 34 heavy (non-hydrogen) atoms. The highest BCUT2D eigenvalue weighted by molar-refractivity contribution is 7.92. The summed E-state index contributed by atoms with van der Waals surface area (Å²) < 4.78 is 33.2. The molecule has 0 atom stereocenters. The lowest BCUT2D eigenvalue weighted by molar-refractivity contribution is -0.111. The van der Waals surface area contributed by atoms with E-state index in [9.17, 15) is 13.2 Å². The highest BCUT2D eigenvalue weighted by Gasteiger charge is 2.16. The third-order valence-corrected chi connectivity index (χ3v) is 6.06. The Morgan fingerprint density at radius 1 is 1.00 bits per heavy atom. The van der Waals surface area contributed by atoms with Gasteiger partial charge in [-0.1, -0.05) is 25.5 Å². The fourth-order valence-corrected chi connectivity index (χ4v) is 3.98. The van der Waals surface area contributed by atoms with E-state index in [1.165, 1.54) is 30.3 Å². The van der Waals surface area contributed by atoms with Gasteiger partial charge in [0.2, 0.25) is 11.9 Å². The molecule has 0 aliphatic rings. The van der Waals surface area contributed by atoms with Crippen LogP contribution < -0.4 is 14.8 Å². The topological polar surface area (TPSA) is 110 Å². The summed E-state index contributed by atoms with van der Waals surface area (Å²) in [6.07, 6.45) is 5.19. The van der Waals surface area contributed by atoms with Crippen LogP contribution in [0.5, 0.6) is 5.75 Å². The first kappa shape index (κ1) is 24.9. The summed E-state index contributed by atoms with van der Waals surface area (Å²) >= 11 is 0. The lowest BCUT2D eigenvalue weighted by Gasteiger charge is -2.09. The lowest BCUT2D eigenvalue weighted by Crippen LogP contribution is -2.16. The molecule has 0 radical (unpaired) electrons. The SMILES string of the molecule is CCCCOc1ccc(C=CC(=O)Nc2ccc(S(=O)(=O)Nc3nc(C)cc(C)n3)cc2)cc1. The van der Waals surface area contributed by atoms with Crippen LogP contribution >= 0.6 is 0 Å². The van der Waals surface area contributed by atoms with E-state index in [2.05, 4.69) is 26.9 Å². The number of carbonyl (C=O) groups excluding carboxylic acids is 1. The number of nitrogens with zero attached hydrogens (tertiary/aromatic N) is 2. The number of hydrogen-bond donors (Lipinski definition) is 2. The molecule has 0 unspecified atom stereocenters. The molecule has 0 aliphatic carbocycles. The van der Waals surface area contributed by atoms with Crippen molar-refractivity contribution in [3.63, 3.8) is 0 Å². The molecule has 3 aromatic rings. The summed E-state index contributed by atoms with van der Waals surface area (Å²) in [5.41, 5.74) is 2.65. The van der Waals surface area contributed by atoms with Gasteiger partial charge >= 0.3 is 0 Å². The van der Waals surface area contributed by atoms with Gasteiger partial charge in [-0.05, 0) is 74.4 Å². The van der Waals surface area contributed by atoms with E-state index in [0.29, 0.717) is 23.7 Å². The van der Waals surface area contributed by atoms with Crippen LogP contribution in [0.15, 0.2) is 65.6 Å². The summed E-state index contributed by atoms with van der Waals surface area (Å²) in [5, 5.41) is 2.71. The van der Waals surface area contributed by atoms with Crippen molar-refractivity contribution in [2.24, 2.45) is 0 Å². The maximum Gasteiger partial charge on any atom is 0.264 e. The van der Waals surface area contributed by atoms with Crippen molar-refractivity contribution < 1.29 is 17.9 Å². The van der Waals surface area contributed by atoms with Gasteiger partial charge in [0, 0.05) is 23.2 Å². The van der Waals surface area contributed by atoms with Crippen LogP contribution in [0, 0.1) is 13.8 Å². The van der Waals surface area contributed by atoms with Gasteiger partial charge in [-0.25, -0.2) is 23.1 Å². The highest BCUT2D eigenvalue weighted by Crippen LogP contribution is 2.18. The first-order chi connectivity index (χ1) is 16.2. The molecule has 0 saturated heterocycles. The fraction of sp³-hybridized carbons (Fsp3) is 0.240. The molecule has 2 N–H and O–H groups in total. The molecule has 0 fully saturated rings. The molecule has 1 aromatic heterocycles. The van der Waals surface area contributed by atoms with E-state index < -0.39 is 10.0 Å². The number of hydrogen-bond acceptors (Lipinski definition) is 6. The third kappa shape index (κ3) is 7.41. The first-order valence-corrected chi connectivity index (χ1v) is 12.4. The Morgan fingerprint density at radius 2 is 1.65 bits per heavy atom. The maximum absolute atomic E-state index is 12.6. The summed E-state index contributed by atoms with van der Waals surface area (Å²) in [5.74, 6) is 0.477. The smallest absolute Gasteiger partial charge is 0.264 e. The second-order valence-electron chi connectivity index (χ2n) is 7.70. The Hall–Kier alpha value is -3.72. The highest BCUT2D eigenvalue weighted by atomic mass is 32.2. The maximum atomic E-state index is 12.6. The molecule has 1 amide bonds. The summed E-state index contributed by atoms with van der Waals surface area (Å²) in [7, 11) is -3.86. The van der Waals surface area contributed by atoms with Gasteiger partial charge < -0.3 is 10.1 Å². The molecule has 1 heterocycles. The van der Waals surface area contributed by atoms with Gasteiger partial charge in [-0.3, -0.25) is 4.79 Å². The number of aromatic nitrogens is 2. The molecular formula is C25H28N4O4S. The number of rotatable bonds is 10. The van der Waals surface area contributed by atoms with Crippen molar-refractivity contribution in [2.45, 2.75) is 38.5 Å². The third-order valence-electron chi connectivity index (χ3n) is 4.71. The monoisotopic (exact) mass is 480 g/mol. The molecule has 178 valence electrons. The van der Waals surface area contributed by atoms with Crippen molar-refractivity contribution in [3.8, 4) is 5.75 Å². The number of anilines is 2. The molecule has 8 nitrogen and oxygen atoms in total.